The van der Waals surface area contributed by atoms with Crippen molar-refractivity contribution in [2.45, 2.75) is 13.3 Å². The van der Waals surface area contributed by atoms with Crippen molar-refractivity contribution in [3.05, 3.63) is 34.9 Å². The van der Waals surface area contributed by atoms with Crippen LogP contribution < -0.4 is 0 Å². The number of halogens is 1. The molecule has 72 valence electrons. The average Bonchev–Trinajstić information content (AvgIpc) is 2.20. The van der Waals surface area contributed by atoms with Crippen molar-refractivity contribution in [3.8, 4) is 6.07 Å². The molecule has 0 unspecified atom stereocenters. The van der Waals surface area contributed by atoms with Crippen molar-refractivity contribution in [2.24, 2.45) is 0 Å². The van der Waals surface area contributed by atoms with Gasteiger partial charge < -0.3 is 0 Å². The van der Waals surface area contributed by atoms with Gasteiger partial charge in [-0.15, -0.1) is 11.6 Å². The Kier molecular flexibility index (Phi) is 3.67. The minimum atomic E-state index is -0.000487. The van der Waals surface area contributed by atoms with Crippen LogP contribution in [0.25, 0.3) is 0 Å². The van der Waals surface area contributed by atoms with Crippen molar-refractivity contribution in [3.63, 3.8) is 0 Å². The third kappa shape index (κ3) is 2.58. The van der Waals surface area contributed by atoms with Crippen LogP contribution in [0.4, 0.5) is 0 Å². The molecule has 0 amide bonds. The number of ketones is 1. The number of aryl methyl sites for hydroxylation is 1. The second-order valence-electron chi connectivity index (χ2n) is 3.10. The maximum Gasteiger partial charge on any atom is 0.151 e. The number of carbonyl (C=O) groups excluding carboxylic acids is 1. The zero-order valence-electron chi connectivity index (χ0n) is 7.88. The minimum Gasteiger partial charge on any atom is -0.298 e. The lowest BCUT2D eigenvalue weighted by Gasteiger charge is -2.03. The largest absolute Gasteiger partial charge is 0.298 e. The first-order valence-corrected chi connectivity index (χ1v) is 4.78. The van der Waals surface area contributed by atoms with E-state index in [0.29, 0.717) is 12.0 Å². The molecule has 1 aromatic carbocycles. The molecule has 0 aliphatic heterocycles. The van der Waals surface area contributed by atoms with Crippen LogP contribution in [0.3, 0.4) is 0 Å². The highest BCUT2D eigenvalue weighted by atomic mass is 35.5. The first kappa shape index (κ1) is 10.7. The standard InChI is InChI=1S/C11H10ClNO/c1-8-4-9(7-13)2-3-10(8)5-11(14)6-12/h2-4H,5-6H2,1H3. The third-order valence-electron chi connectivity index (χ3n) is 2.01. The molecular formula is C11H10ClNO. The second kappa shape index (κ2) is 4.78. The van der Waals surface area contributed by atoms with Gasteiger partial charge in [0.05, 0.1) is 17.5 Å². The SMILES string of the molecule is Cc1cc(C#N)ccc1CC(=O)CCl. The van der Waals surface area contributed by atoms with Gasteiger partial charge in [-0.2, -0.15) is 5.26 Å². The first-order chi connectivity index (χ1) is 6.67. The highest BCUT2D eigenvalue weighted by molar-refractivity contribution is 6.27. The molecule has 0 fully saturated rings. The summed E-state index contributed by atoms with van der Waals surface area (Å²) in [5, 5.41) is 8.64. The van der Waals surface area contributed by atoms with E-state index in [-0.39, 0.29) is 11.7 Å². The van der Waals surface area contributed by atoms with Gasteiger partial charge >= 0.3 is 0 Å². The van der Waals surface area contributed by atoms with E-state index in [0.717, 1.165) is 11.1 Å². The molecule has 0 aromatic heterocycles. The molecule has 2 nitrogen and oxygen atoms in total. The van der Waals surface area contributed by atoms with Crippen molar-refractivity contribution >= 4 is 17.4 Å². The number of hydrogen-bond acceptors (Lipinski definition) is 2. The Morgan fingerprint density at radius 2 is 2.29 bits per heavy atom. The molecule has 1 aromatic rings. The highest BCUT2D eigenvalue weighted by Crippen LogP contribution is 2.11. The van der Waals surface area contributed by atoms with Gasteiger partial charge in [0.1, 0.15) is 0 Å². The Labute approximate surface area is 88.1 Å². The van der Waals surface area contributed by atoms with Crippen molar-refractivity contribution in [2.75, 3.05) is 5.88 Å². The predicted molar refractivity (Wildman–Crippen MR) is 55.3 cm³/mol. The zero-order chi connectivity index (χ0) is 10.6. The van der Waals surface area contributed by atoms with E-state index in [2.05, 4.69) is 6.07 Å². The number of alkyl halides is 1. The van der Waals surface area contributed by atoms with E-state index in [1.807, 2.05) is 6.92 Å². The van der Waals surface area contributed by atoms with Gasteiger partial charge in [0.15, 0.2) is 5.78 Å². The van der Waals surface area contributed by atoms with Gasteiger partial charge in [-0.25, -0.2) is 0 Å². The molecule has 0 aliphatic carbocycles. The molecule has 14 heavy (non-hydrogen) atoms. The Morgan fingerprint density at radius 3 is 2.79 bits per heavy atom. The van der Waals surface area contributed by atoms with Crippen LogP contribution in [0.1, 0.15) is 16.7 Å². The lowest BCUT2D eigenvalue weighted by Crippen LogP contribution is -2.05. The quantitative estimate of drug-likeness (QED) is 0.714. The Balaban J connectivity index is 2.90. The number of nitrogens with zero attached hydrogens (tertiary/aromatic N) is 1. The number of rotatable bonds is 3. The fraction of sp³-hybridized carbons (Fsp3) is 0.273. The number of Topliss-reactive ketones (excluding diaryl/α,β-unsaturated/α-hetero) is 1. The van der Waals surface area contributed by atoms with Gasteiger partial charge in [0.2, 0.25) is 0 Å². The summed E-state index contributed by atoms with van der Waals surface area (Å²) < 4.78 is 0. The van der Waals surface area contributed by atoms with E-state index >= 15 is 0 Å². The molecule has 0 saturated heterocycles. The van der Waals surface area contributed by atoms with Crippen LogP contribution in [0.2, 0.25) is 0 Å². The van der Waals surface area contributed by atoms with Crippen molar-refractivity contribution in [1.82, 2.24) is 0 Å². The molecule has 0 atom stereocenters. The fourth-order valence-corrected chi connectivity index (χ4v) is 1.32. The zero-order valence-corrected chi connectivity index (χ0v) is 8.64. The molecule has 0 spiro atoms. The lowest BCUT2D eigenvalue weighted by molar-refractivity contribution is -0.116. The summed E-state index contributed by atoms with van der Waals surface area (Å²) in [6.07, 6.45) is 0.348. The van der Waals surface area contributed by atoms with Gasteiger partial charge in [0.25, 0.3) is 0 Å². The third-order valence-corrected chi connectivity index (χ3v) is 2.31. The van der Waals surface area contributed by atoms with Crippen LogP contribution >= 0.6 is 11.6 Å². The summed E-state index contributed by atoms with van der Waals surface area (Å²) >= 11 is 5.41. The second-order valence-corrected chi connectivity index (χ2v) is 3.37. The molecule has 1 rings (SSSR count). The van der Waals surface area contributed by atoms with Gasteiger partial charge in [0, 0.05) is 6.42 Å². The summed E-state index contributed by atoms with van der Waals surface area (Å²) in [5.74, 6) is 0.0406. The molecule has 0 N–H and O–H groups in total. The summed E-state index contributed by atoms with van der Waals surface area (Å²) in [5.41, 5.74) is 2.52. The number of benzene rings is 1. The summed E-state index contributed by atoms with van der Waals surface area (Å²) in [6.45, 7) is 1.89. The predicted octanol–water partition coefficient (Wildman–Crippen LogP) is 2.22. The smallest absolute Gasteiger partial charge is 0.151 e. The monoisotopic (exact) mass is 207 g/mol. The van der Waals surface area contributed by atoms with Gasteiger partial charge in [-0.3, -0.25) is 4.79 Å². The van der Waals surface area contributed by atoms with E-state index in [4.69, 9.17) is 16.9 Å². The normalized spacial score (nSPS) is 9.50. The molecule has 0 aliphatic rings. The maximum atomic E-state index is 11.1. The molecule has 0 heterocycles. The van der Waals surface area contributed by atoms with E-state index in [1.54, 1.807) is 18.2 Å². The molecular weight excluding hydrogens is 198 g/mol. The van der Waals surface area contributed by atoms with Crippen LogP contribution in [-0.4, -0.2) is 11.7 Å². The minimum absolute atomic E-state index is 0.000487. The maximum absolute atomic E-state index is 11.1. The van der Waals surface area contributed by atoms with Crippen molar-refractivity contribution in [1.29, 1.82) is 5.26 Å². The van der Waals surface area contributed by atoms with E-state index in [9.17, 15) is 4.79 Å². The van der Waals surface area contributed by atoms with Crippen LogP contribution in [-0.2, 0) is 11.2 Å². The first-order valence-electron chi connectivity index (χ1n) is 4.24. The van der Waals surface area contributed by atoms with Crippen LogP contribution in [0.5, 0.6) is 0 Å². The van der Waals surface area contributed by atoms with Crippen LogP contribution in [0, 0.1) is 18.3 Å². The summed E-state index contributed by atoms with van der Waals surface area (Å²) in [7, 11) is 0. The summed E-state index contributed by atoms with van der Waals surface area (Å²) in [4.78, 5) is 11.1. The Hall–Kier alpha value is -1.33. The van der Waals surface area contributed by atoms with E-state index < -0.39 is 0 Å². The highest BCUT2D eigenvalue weighted by Gasteiger charge is 2.05. The Bertz CT molecular complexity index is 393. The Morgan fingerprint density at radius 1 is 1.57 bits per heavy atom. The molecule has 0 radical (unpaired) electrons. The van der Waals surface area contributed by atoms with Gasteiger partial charge in [-0.05, 0) is 30.2 Å². The topological polar surface area (TPSA) is 40.9 Å². The number of carbonyl (C=O) groups is 1. The van der Waals surface area contributed by atoms with E-state index in [1.165, 1.54) is 0 Å². The number of hydrogen-bond donors (Lipinski definition) is 0. The van der Waals surface area contributed by atoms with Gasteiger partial charge in [-0.1, -0.05) is 6.07 Å². The molecule has 0 saturated carbocycles. The molecule has 0 bridgehead atoms. The van der Waals surface area contributed by atoms with Crippen molar-refractivity contribution < 1.29 is 4.79 Å². The lowest BCUT2D eigenvalue weighted by atomic mass is 10.0. The molecule has 3 heteroatoms. The summed E-state index contributed by atoms with van der Waals surface area (Å²) in [6, 6.07) is 7.34. The van der Waals surface area contributed by atoms with Crippen LogP contribution in [0.15, 0.2) is 18.2 Å². The average molecular weight is 208 g/mol. The fourth-order valence-electron chi connectivity index (χ4n) is 1.22. The number of nitriles is 1.